The molecule has 2 atom stereocenters. The molecule has 6 rings (SSSR count). The second kappa shape index (κ2) is 27.8. The van der Waals surface area contributed by atoms with E-state index in [0.717, 1.165) is 34.7 Å². The molecule has 0 fully saturated rings. The van der Waals surface area contributed by atoms with Crippen LogP contribution < -0.4 is 18.9 Å². The molecule has 0 amide bonds. The predicted octanol–water partition coefficient (Wildman–Crippen LogP) is 16.8. The Balaban J connectivity index is 0.000000316. The van der Waals surface area contributed by atoms with Crippen molar-refractivity contribution in [2.75, 3.05) is 27.4 Å². The van der Waals surface area contributed by atoms with Crippen molar-refractivity contribution in [2.24, 2.45) is 9.98 Å². The van der Waals surface area contributed by atoms with Crippen LogP contribution in [0.5, 0.6) is 34.5 Å². The minimum atomic E-state index is -1.73. The predicted molar refractivity (Wildman–Crippen MR) is 285 cm³/mol. The van der Waals surface area contributed by atoms with Crippen LogP contribution in [0.2, 0.25) is 0 Å². The number of hydrogen-bond acceptors (Lipinski definition) is 8. The first-order chi connectivity index (χ1) is 36.2. The van der Waals surface area contributed by atoms with Crippen LogP contribution >= 0.6 is 18.6 Å². The second-order valence-corrected chi connectivity index (χ2v) is 21.7. The van der Waals surface area contributed by atoms with Gasteiger partial charge >= 0.3 is 35.6 Å². The number of phenols is 2. The number of aromatic hydroxyl groups is 2. The van der Waals surface area contributed by atoms with Gasteiger partial charge in [-0.1, -0.05) is 129 Å². The molecule has 0 aliphatic heterocycles. The Kier molecular flexibility index (Phi) is 22.8. The van der Waals surface area contributed by atoms with Crippen molar-refractivity contribution in [1.29, 1.82) is 0 Å². The van der Waals surface area contributed by atoms with Crippen molar-refractivity contribution >= 4 is 42.4 Å². The average molecular weight is 1150 g/mol. The van der Waals surface area contributed by atoms with Crippen LogP contribution in [0.15, 0.2) is 108 Å². The average Bonchev–Trinajstić information content (AvgIpc) is 3.40. The summed E-state index contributed by atoms with van der Waals surface area (Å²) in [6, 6.07) is 22.0. The fraction of sp³-hybridized carbons (Fsp3) is 0.276. The van der Waals surface area contributed by atoms with Crippen LogP contribution in [-0.2, 0) is 27.9 Å². The number of hydrogen-bond donors (Lipinski definition) is 2. The summed E-state index contributed by atoms with van der Waals surface area (Å²) in [5.74, 6) is -16.6. The molecule has 0 bridgehead atoms. The molecule has 2 N–H and O–H groups in total. The van der Waals surface area contributed by atoms with E-state index in [1.54, 1.807) is 12.1 Å². The summed E-state index contributed by atoms with van der Waals surface area (Å²) in [4.78, 5) is 7.24. The van der Waals surface area contributed by atoms with Gasteiger partial charge in [0.1, 0.15) is 47.6 Å². The monoisotopic (exact) mass is 1150 g/mol. The van der Waals surface area contributed by atoms with E-state index in [1.165, 1.54) is 38.5 Å². The van der Waals surface area contributed by atoms with Crippen LogP contribution in [0.4, 0.5) is 46.5 Å². The minimum absolute atomic E-state index is 0.0248. The van der Waals surface area contributed by atoms with Crippen molar-refractivity contribution in [3.05, 3.63) is 189 Å². The zero-order valence-corrected chi connectivity index (χ0v) is 47.0. The standard InChI is InChI=1S/2C29H29F4NO3.2ClH.Ti/c2*1-7-12-37-28-24(32)22(30)26(23(31)25(28)33)34-15-18-13-20(36-6)14-21(27(18)35)16(2)17-8-10-19(11-9-17)29(3,4)5;;;/h2*7-11,13-16,35H,1,12H2,2-6H3;2*1H;/q;;;;+2/p-2. The number of rotatable bonds is 16. The first-order valence-electron chi connectivity index (χ1n) is 23.5. The summed E-state index contributed by atoms with van der Waals surface area (Å²) >= 11 is -0.556. The van der Waals surface area contributed by atoms with Crippen LogP contribution in [-0.4, -0.2) is 50.1 Å². The van der Waals surface area contributed by atoms with E-state index in [9.17, 15) is 45.3 Å². The summed E-state index contributed by atoms with van der Waals surface area (Å²) in [6.07, 6.45) is 4.18. The number of aliphatic imine (C=N–C) groups is 2. The molecule has 410 valence electrons. The van der Waals surface area contributed by atoms with Crippen molar-refractivity contribution in [2.45, 2.75) is 78.1 Å². The molecule has 0 aliphatic rings. The Bertz CT molecular complexity index is 2850. The van der Waals surface area contributed by atoms with Gasteiger partial charge in [-0.3, -0.25) is 0 Å². The van der Waals surface area contributed by atoms with Gasteiger partial charge in [0.2, 0.25) is 23.3 Å². The number of ether oxygens (including phenoxy) is 4. The number of nitrogens with zero attached hydrogens (tertiary/aromatic N) is 2. The van der Waals surface area contributed by atoms with Gasteiger partial charge in [0.15, 0.2) is 34.8 Å². The third-order valence-corrected chi connectivity index (χ3v) is 12.0. The van der Waals surface area contributed by atoms with Gasteiger partial charge in [0, 0.05) is 46.5 Å². The van der Waals surface area contributed by atoms with Crippen LogP contribution in [0.25, 0.3) is 0 Å². The van der Waals surface area contributed by atoms with Gasteiger partial charge in [-0.05, 0) is 57.3 Å². The Hall–Kier alpha value is -6.33. The van der Waals surface area contributed by atoms with Crippen molar-refractivity contribution in [3.8, 4) is 34.5 Å². The van der Waals surface area contributed by atoms with Crippen molar-refractivity contribution < 1.29 is 81.3 Å². The molecule has 6 aromatic rings. The van der Waals surface area contributed by atoms with E-state index in [0.29, 0.717) is 22.6 Å². The fourth-order valence-corrected chi connectivity index (χ4v) is 7.53. The maximum absolute atomic E-state index is 14.5. The van der Waals surface area contributed by atoms with Crippen molar-refractivity contribution in [3.63, 3.8) is 0 Å². The van der Waals surface area contributed by atoms with Crippen molar-refractivity contribution in [1.82, 2.24) is 0 Å². The molecule has 0 saturated heterocycles. The number of phenolic OH excluding ortho intramolecular Hbond substituents is 2. The molecular weight excluding hydrogens is 1090 g/mol. The van der Waals surface area contributed by atoms with E-state index in [1.807, 2.05) is 62.4 Å². The van der Waals surface area contributed by atoms with Gasteiger partial charge in [-0.15, -0.1) is 0 Å². The number of halogens is 10. The summed E-state index contributed by atoms with van der Waals surface area (Å²) in [5.41, 5.74) is 2.69. The zero-order chi connectivity index (χ0) is 57.7. The molecule has 0 aliphatic carbocycles. The zero-order valence-electron chi connectivity index (χ0n) is 43.9. The van der Waals surface area contributed by atoms with Gasteiger partial charge in [0.25, 0.3) is 0 Å². The van der Waals surface area contributed by atoms with E-state index < -0.39 is 86.4 Å². The number of methoxy groups -OCH3 is 2. The van der Waals surface area contributed by atoms with Gasteiger partial charge in [-0.2, -0.15) is 17.6 Å². The molecule has 77 heavy (non-hydrogen) atoms. The van der Waals surface area contributed by atoms with Gasteiger partial charge in [0.05, 0.1) is 14.2 Å². The normalized spacial score (nSPS) is 12.3. The summed E-state index contributed by atoms with van der Waals surface area (Å²) in [7, 11) is 12.6. The summed E-state index contributed by atoms with van der Waals surface area (Å²) in [5, 5.41) is 22.0. The Morgan fingerprint density at radius 2 is 0.818 bits per heavy atom. The molecule has 0 radical (unpaired) electrons. The third kappa shape index (κ3) is 15.5. The summed E-state index contributed by atoms with van der Waals surface area (Å²) in [6.45, 7) is 22.3. The summed E-state index contributed by atoms with van der Waals surface area (Å²) < 4.78 is 135. The van der Waals surface area contributed by atoms with Crippen LogP contribution in [0.3, 0.4) is 0 Å². The Morgan fingerprint density at radius 1 is 0.532 bits per heavy atom. The van der Waals surface area contributed by atoms with E-state index in [4.69, 9.17) is 37.6 Å². The van der Waals surface area contributed by atoms with E-state index in [-0.39, 0.29) is 58.5 Å². The molecule has 0 heterocycles. The molecule has 8 nitrogen and oxygen atoms in total. The first kappa shape index (κ1) is 63.2. The Labute approximate surface area is 460 Å². The Morgan fingerprint density at radius 3 is 1.06 bits per heavy atom. The molecule has 2 unspecified atom stereocenters. The van der Waals surface area contributed by atoms with Crippen LogP contribution in [0, 0.1) is 46.5 Å². The molecule has 0 saturated carbocycles. The fourth-order valence-electron chi connectivity index (χ4n) is 7.53. The number of benzene rings is 6. The van der Waals surface area contributed by atoms with E-state index in [2.05, 4.69) is 64.7 Å². The van der Waals surface area contributed by atoms with Gasteiger partial charge < -0.3 is 29.2 Å². The van der Waals surface area contributed by atoms with Crippen LogP contribution in [0.1, 0.15) is 112 Å². The van der Waals surface area contributed by atoms with E-state index >= 15 is 0 Å². The molecule has 19 heteroatoms. The third-order valence-electron chi connectivity index (χ3n) is 12.0. The molecule has 0 spiro atoms. The first-order valence-corrected chi connectivity index (χ1v) is 27.8. The quantitative estimate of drug-likeness (QED) is 0.0329. The topological polar surface area (TPSA) is 102 Å². The SMILES string of the molecule is C=CCOc1c(F)c(F)c(N=Cc2cc(OC)cc(C(C)c3ccc(C(C)(C)C)cc3)c2O)c(F)c1F.C=CCOc1c(F)c(F)c(N=Cc2cc(OC)cc(C(C)c3ccc(C(C)(C)C)cc3)c2O)c(F)c1F.[Cl][Ti][Cl]. The van der Waals surface area contributed by atoms with Gasteiger partial charge in [-0.25, -0.2) is 27.5 Å². The maximum atomic E-state index is 14.5. The molecule has 0 aromatic heterocycles. The second-order valence-electron chi connectivity index (χ2n) is 19.2. The molecular formula is C58H58Cl2F8N2O6Ti. The molecule has 6 aromatic carbocycles.